The molecule has 0 aliphatic carbocycles. The summed E-state index contributed by atoms with van der Waals surface area (Å²) in [6.07, 6.45) is 5.77. The molecule has 0 bridgehead atoms. The number of carbonyl (C=O) groups excluding carboxylic acids is 1. The zero-order chi connectivity index (χ0) is 16.8. The molecule has 1 atom stereocenters. The van der Waals surface area contributed by atoms with E-state index < -0.39 is 0 Å². The average Bonchev–Trinajstić information content (AvgIpc) is 3.12. The van der Waals surface area contributed by atoms with Gasteiger partial charge in [-0.3, -0.25) is 9.48 Å². The van der Waals surface area contributed by atoms with E-state index in [1.165, 1.54) is 0 Å². The van der Waals surface area contributed by atoms with Gasteiger partial charge in [0.1, 0.15) is 5.69 Å². The van der Waals surface area contributed by atoms with Gasteiger partial charge in [0.25, 0.3) is 5.91 Å². The minimum atomic E-state index is -0.191. The summed E-state index contributed by atoms with van der Waals surface area (Å²) in [6, 6.07) is 5.80. The molecule has 2 N–H and O–H groups in total. The van der Waals surface area contributed by atoms with Gasteiger partial charge in [-0.15, -0.1) is 0 Å². The number of ether oxygens (including phenoxy) is 1. The molecule has 3 rings (SSSR count). The molecule has 24 heavy (non-hydrogen) atoms. The second-order valence-electron chi connectivity index (χ2n) is 5.76. The molecule has 3 heterocycles. The molecule has 128 valence electrons. The highest BCUT2D eigenvalue weighted by Crippen LogP contribution is 2.16. The standard InChI is InChI=1S/C17H23N5O2/c1-2-24-17-13(5-3-9-19-17)11-20-16(23)15-7-10-22(21-15)14-6-4-8-18-12-14/h3,5,7,9-10,14,18H,2,4,6,8,11-12H2,1H3,(H,20,23). The maximum atomic E-state index is 12.3. The van der Waals surface area contributed by atoms with Crippen molar-refractivity contribution in [2.75, 3.05) is 19.7 Å². The van der Waals surface area contributed by atoms with E-state index in [0.717, 1.165) is 31.5 Å². The fraction of sp³-hybridized carbons (Fsp3) is 0.471. The summed E-state index contributed by atoms with van der Waals surface area (Å²) in [7, 11) is 0. The fourth-order valence-electron chi connectivity index (χ4n) is 2.81. The van der Waals surface area contributed by atoms with Crippen molar-refractivity contribution in [3.05, 3.63) is 41.9 Å². The minimum Gasteiger partial charge on any atom is -0.478 e. The van der Waals surface area contributed by atoms with Crippen molar-refractivity contribution in [3.8, 4) is 5.88 Å². The number of nitrogens with zero attached hydrogens (tertiary/aromatic N) is 3. The lowest BCUT2D eigenvalue weighted by atomic mass is 10.1. The zero-order valence-corrected chi connectivity index (χ0v) is 13.9. The van der Waals surface area contributed by atoms with Crippen molar-refractivity contribution in [2.24, 2.45) is 0 Å². The summed E-state index contributed by atoms with van der Waals surface area (Å²) >= 11 is 0. The van der Waals surface area contributed by atoms with E-state index >= 15 is 0 Å². The molecule has 7 heteroatoms. The first kappa shape index (κ1) is 16.4. The summed E-state index contributed by atoms with van der Waals surface area (Å²) in [6.45, 7) is 4.76. The van der Waals surface area contributed by atoms with Crippen LogP contribution in [0.25, 0.3) is 0 Å². The topological polar surface area (TPSA) is 81.1 Å². The maximum Gasteiger partial charge on any atom is 0.272 e. The number of piperidine rings is 1. The number of aromatic nitrogens is 3. The van der Waals surface area contributed by atoms with E-state index in [4.69, 9.17) is 4.74 Å². The van der Waals surface area contributed by atoms with Crippen LogP contribution in [-0.4, -0.2) is 40.4 Å². The summed E-state index contributed by atoms with van der Waals surface area (Å²) in [5.41, 5.74) is 1.28. The Bertz CT molecular complexity index is 679. The Kier molecular flexibility index (Phi) is 5.43. The van der Waals surface area contributed by atoms with Gasteiger partial charge in [0.05, 0.1) is 12.6 Å². The van der Waals surface area contributed by atoms with Crippen LogP contribution in [0.1, 0.15) is 41.9 Å². The molecule has 1 amide bonds. The van der Waals surface area contributed by atoms with Gasteiger partial charge in [-0.1, -0.05) is 6.07 Å². The summed E-state index contributed by atoms with van der Waals surface area (Å²) in [5, 5.41) is 10.7. The molecule has 1 aliphatic heterocycles. The largest absolute Gasteiger partial charge is 0.478 e. The van der Waals surface area contributed by atoms with E-state index in [2.05, 4.69) is 20.7 Å². The monoisotopic (exact) mass is 329 g/mol. The predicted molar refractivity (Wildman–Crippen MR) is 89.9 cm³/mol. The van der Waals surface area contributed by atoms with Crippen LogP contribution in [0.5, 0.6) is 5.88 Å². The third kappa shape index (κ3) is 3.91. The van der Waals surface area contributed by atoms with Gasteiger partial charge in [-0.2, -0.15) is 5.10 Å². The summed E-state index contributed by atoms with van der Waals surface area (Å²) in [4.78, 5) is 16.5. The van der Waals surface area contributed by atoms with Gasteiger partial charge >= 0.3 is 0 Å². The smallest absolute Gasteiger partial charge is 0.272 e. The van der Waals surface area contributed by atoms with Crippen molar-refractivity contribution >= 4 is 5.91 Å². The molecule has 0 radical (unpaired) electrons. The Morgan fingerprint density at radius 2 is 2.42 bits per heavy atom. The third-order valence-electron chi connectivity index (χ3n) is 4.06. The lowest BCUT2D eigenvalue weighted by Crippen LogP contribution is -2.32. The molecule has 1 aliphatic rings. The van der Waals surface area contributed by atoms with Gasteiger partial charge in [-0.05, 0) is 38.4 Å². The van der Waals surface area contributed by atoms with Crippen LogP contribution >= 0.6 is 0 Å². The second-order valence-corrected chi connectivity index (χ2v) is 5.76. The number of pyridine rings is 1. The molecule has 2 aromatic heterocycles. The van der Waals surface area contributed by atoms with Crippen molar-refractivity contribution in [1.82, 2.24) is 25.4 Å². The van der Waals surface area contributed by atoms with Crippen LogP contribution in [-0.2, 0) is 6.54 Å². The molecule has 1 saturated heterocycles. The highest BCUT2D eigenvalue weighted by Gasteiger charge is 2.17. The Morgan fingerprint density at radius 1 is 1.50 bits per heavy atom. The highest BCUT2D eigenvalue weighted by molar-refractivity contribution is 5.92. The Balaban J connectivity index is 1.60. The number of amides is 1. The number of nitrogens with one attached hydrogen (secondary N) is 2. The van der Waals surface area contributed by atoms with Crippen LogP contribution in [0.3, 0.4) is 0 Å². The van der Waals surface area contributed by atoms with Crippen molar-refractivity contribution < 1.29 is 9.53 Å². The van der Waals surface area contributed by atoms with E-state index in [1.54, 1.807) is 12.3 Å². The van der Waals surface area contributed by atoms with Crippen LogP contribution in [0.2, 0.25) is 0 Å². The average molecular weight is 329 g/mol. The molecule has 1 fully saturated rings. The Hall–Kier alpha value is -2.41. The number of rotatable bonds is 6. The normalized spacial score (nSPS) is 17.5. The van der Waals surface area contributed by atoms with Crippen molar-refractivity contribution in [2.45, 2.75) is 32.4 Å². The lowest BCUT2D eigenvalue weighted by molar-refractivity contribution is 0.0944. The highest BCUT2D eigenvalue weighted by atomic mass is 16.5. The fourth-order valence-corrected chi connectivity index (χ4v) is 2.81. The quantitative estimate of drug-likeness (QED) is 0.840. The van der Waals surface area contributed by atoms with E-state index in [1.807, 2.05) is 29.9 Å². The SMILES string of the molecule is CCOc1ncccc1CNC(=O)c1ccn(C2CCCNC2)n1. The molecule has 7 nitrogen and oxygen atoms in total. The van der Waals surface area contributed by atoms with E-state index in [0.29, 0.717) is 30.8 Å². The lowest BCUT2D eigenvalue weighted by Gasteiger charge is -2.22. The summed E-state index contributed by atoms with van der Waals surface area (Å²) < 4.78 is 7.36. The van der Waals surface area contributed by atoms with E-state index in [-0.39, 0.29) is 5.91 Å². The molecular formula is C17H23N5O2. The second kappa shape index (κ2) is 7.92. The molecular weight excluding hydrogens is 306 g/mol. The van der Waals surface area contributed by atoms with Gasteiger partial charge in [0.15, 0.2) is 0 Å². The third-order valence-corrected chi connectivity index (χ3v) is 4.06. The van der Waals surface area contributed by atoms with Gasteiger partial charge in [0.2, 0.25) is 5.88 Å². The molecule has 2 aromatic rings. The summed E-state index contributed by atoms with van der Waals surface area (Å²) in [5.74, 6) is 0.364. The molecule has 1 unspecified atom stereocenters. The van der Waals surface area contributed by atoms with Crippen molar-refractivity contribution in [1.29, 1.82) is 0 Å². The first-order valence-corrected chi connectivity index (χ1v) is 8.38. The Morgan fingerprint density at radius 3 is 3.21 bits per heavy atom. The van der Waals surface area contributed by atoms with E-state index in [9.17, 15) is 4.79 Å². The van der Waals surface area contributed by atoms with Gasteiger partial charge < -0.3 is 15.4 Å². The van der Waals surface area contributed by atoms with Crippen LogP contribution in [0.4, 0.5) is 0 Å². The number of hydrogen-bond donors (Lipinski definition) is 2. The van der Waals surface area contributed by atoms with Crippen LogP contribution in [0, 0.1) is 0 Å². The number of hydrogen-bond acceptors (Lipinski definition) is 5. The zero-order valence-electron chi connectivity index (χ0n) is 13.9. The van der Waals surface area contributed by atoms with Crippen LogP contribution in [0.15, 0.2) is 30.6 Å². The molecule has 0 spiro atoms. The maximum absolute atomic E-state index is 12.3. The molecule has 0 aromatic carbocycles. The number of carbonyl (C=O) groups is 1. The first-order chi connectivity index (χ1) is 11.8. The first-order valence-electron chi connectivity index (χ1n) is 8.38. The van der Waals surface area contributed by atoms with Crippen molar-refractivity contribution in [3.63, 3.8) is 0 Å². The van der Waals surface area contributed by atoms with Gasteiger partial charge in [-0.25, -0.2) is 4.98 Å². The minimum absolute atomic E-state index is 0.191. The van der Waals surface area contributed by atoms with Gasteiger partial charge in [0, 0.05) is 31.0 Å². The molecule has 0 saturated carbocycles. The predicted octanol–water partition coefficient (Wildman–Crippen LogP) is 1.53. The van der Waals surface area contributed by atoms with Crippen LogP contribution < -0.4 is 15.4 Å². The Labute approximate surface area is 141 Å².